The third kappa shape index (κ3) is 4.51. The van der Waals surface area contributed by atoms with Gasteiger partial charge >= 0.3 is 0 Å². The Hall–Kier alpha value is -5.48. The zero-order valence-electron chi connectivity index (χ0n) is 27.9. The van der Waals surface area contributed by atoms with Gasteiger partial charge in [0.05, 0.1) is 28.8 Å². The van der Waals surface area contributed by atoms with Crippen LogP contribution < -0.4 is 9.80 Å². The molecule has 4 heteroatoms. The van der Waals surface area contributed by atoms with Crippen LogP contribution in [0.2, 0.25) is 0 Å². The Bertz CT molecular complexity index is 2120. The third-order valence-electron chi connectivity index (χ3n) is 10.8. The highest BCUT2D eigenvalue weighted by molar-refractivity contribution is 6.51. The van der Waals surface area contributed by atoms with Crippen LogP contribution >= 0.6 is 0 Å². The average molecular weight is 625 g/mol. The van der Waals surface area contributed by atoms with Gasteiger partial charge in [0.25, 0.3) is 0 Å². The number of fused-ring (bicyclic) bond motifs is 4. The summed E-state index contributed by atoms with van der Waals surface area (Å²) in [6.07, 6.45) is 8.94. The maximum absolute atomic E-state index is 9.29. The second kappa shape index (κ2) is 11.1. The predicted molar refractivity (Wildman–Crippen MR) is 201 cm³/mol. The minimum absolute atomic E-state index is 0.0262. The van der Waals surface area contributed by atoms with Gasteiger partial charge in [-0.3, -0.25) is 10.8 Å². The lowest BCUT2D eigenvalue weighted by Crippen LogP contribution is -2.49. The molecule has 2 atom stereocenters. The van der Waals surface area contributed by atoms with Crippen LogP contribution in [-0.4, -0.2) is 17.5 Å². The second-order valence-corrected chi connectivity index (χ2v) is 14.2. The molecule has 2 N–H and O–H groups in total. The van der Waals surface area contributed by atoms with E-state index in [0.717, 1.165) is 28.3 Å². The molecule has 2 heterocycles. The lowest BCUT2D eigenvalue weighted by molar-refractivity contribution is 0.332. The molecule has 4 nitrogen and oxygen atoms in total. The molecule has 0 spiro atoms. The van der Waals surface area contributed by atoms with Crippen molar-refractivity contribution in [1.29, 1.82) is 10.8 Å². The van der Waals surface area contributed by atoms with E-state index in [9.17, 15) is 10.8 Å². The molecule has 5 aromatic carbocycles. The van der Waals surface area contributed by atoms with Crippen molar-refractivity contribution in [2.24, 2.45) is 5.92 Å². The van der Waals surface area contributed by atoms with Crippen molar-refractivity contribution in [3.05, 3.63) is 173 Å². The van der Waals surface area contributed by atoms with Gasteiger partial charge in [0.15, 0.2) is 0 Å². The summed E-state index contributed by atoms with van der Waals surface area (Å²) >= 11 is 0. The first-order valence-electron chi connectivity index (χ1n) is 16.8. The molecule has 1 aliphatic carbocycles. The Labute approximate surface area is 283 Å². The lowest BCUT2D eigenvalue weighted by atomic mass is 9.65. The van der Waals surface area contributed by atoms with Crippen LogP contribution in [0.3, 0.4) is 0 Å². The van der Waals surface area contributed by atoms with E-state index in [2.05, 4.69) is 159 Å². The topological polar surface area (TPSA) is 54.2 Å². The van der Waals surface area contributed by atoms with Crippen LogP contribution in [0.5, 0.6) is 0 Å². The molecule has 3 aliphatic rings. The fourth-order valence-electron chi connectivity index (χ4n) is 8.24. The van der Waals surface area contributed by atoms with Crippen LogP contribution in [0.25, 0.3) is 0 Å². The summed E-state index contributed by atoms with van der Waals surface area (Å²) in [7, 11) is 0. The van der Waals surface area contributed by atoms with Crippen molar-refractivity contribution in [3.63, 3.8) is 0 Å². The molecular weight excluding hydrogens is 585 g/mol. The Balaban J connectivity index is 1.15. The molecule has 236 valence electrons. The number of benzene rings is 5. The van der Waals surface area contributed by atoms with E-state index in [4.69, 9.17) is 0 Å². The molecule has 0 saturated carbocycles. The van der Waals surface area contributed by atoms with Crippen molar-refractivity contribution in [2.75, 3.05) is 9.80 Å². The Kier molecular flexibility index (Phi) is 6.89. The summed E-state index contributed by atoms with van der Waals surface area (Å²) in [4.78, 5) is 4.72. The number of rotatable bonds is 5. The molecule has 0 amide bonds. The zero-order chi connectivity index (χ0) is 33.2. The summed E-state index contributed by atoms with van der Waals surface area (Å²) in [5.74, 6) is 0.303. The Morgan fingerprint density at radius 2 is 1.04 bits per heavy atom. The van der Waals surface area contributed by atoms with Gasteiger partial charge in [-0.1, -0.05) is 131 Å². The molecule has 5 aromatic rings. The molecule has 0 radical (unpaired) electrons. The SMILES string of the molecule is CC1(C)c2ccccc2N(c2cccc(C(=N)C(=N)c3cccc(N4c5ccccc5C(C)(C)C5C=CC=CC54)c3)c2)c2ccccc21. The summed E-state index contributed by atoms with van der Waals surface area (Å²) in [6.45, 7) is 9.25. The average Bonchev–Trinajstić information content (AvgIpc) is 3.12. The van der Waals surface area contributed by atoms with E-state index in [-0.39, 0.29) is 28.3 Å². The Morgan fingerprint density at radius 1 is 0.542 bits per heavy atom. The molecule has 0 bridgehead atoms. The van der Waals surface area contributed by atoms with Crippen LogP contribution in [0.15, 0.2) is 146 Å². The zero-order valence-corrected chi connectivity index (χ0v) is 27.9. The first-order valence-corrected chi connectivity index (χ1v) is 16.8. The first-order chi connectivity index (χ1) is 23.2. The predicted octanol–water partition coefficient (Wildman–Crippen LogP) is 10.8. The molecule has 8 rings (SSSR count). The van der Waals surface area contributed by atoms with Crippen LogP contribution in [-0.2, 0) is 10.8 Å². The maximum atomic E-state index is 9.29. The minimum atomic E-state index is -0.143. The molecule has 0 saturated heterocycles. The molecule has 2 aliphatic heterocycles. The molecule has 0 aromatic heterocycles. The lowest BCUT2D eigenvalue weighted by Gasteiger charge is -2.50. The second-order valence-electron chi connectivity index (χ2n) is 14.2. The number of hydrogen-bond donors (Lipinski definition) is 2. The van der Waals surface area contributed by atoms with Gasteiger partial charge in [-0.25, -0.2) is 0 Å². The van der Waals surface area contributed by atoms with E-state index >= 15 is 0 Å². The van der Waals surface area contributed by atoms with Crippen molar-refractivity contribution in [2.45, 2.75) is 44.6 Å². The highest BCUT2D eigenvalue weighted by Gasteiger charge is 2.45. The van der Waals surface area contributed by atoms with Crippen molar-refractivity contribution in [3.8, 4) is 0 Å². The molecule has 0 fully saturated rings. The first kappa shape index (κ1) is 29.9. The number of para-hydroxylation sites is 3. The van der Waals surface area contributed by atoms with Crippen LogP contribution in [0.1, 0.15) is 55.5 Å². The van der Waals surface area contributed by atoms with Crippen LogP contribution in [0.4, 0.5) is 28.4 Å². The van der Waals surface area contributed by atoms with Crippen molar-refractivity contribution in [1.82, 2.24) is 0 Å². The minimum Gasteiger partial charge on any atom is -0.334 e. The fourth-order valence-corrected chi connectivity index (χ4v) is 8.24. The molecule has 2 unspecified atom stereocenters. The van der Waals surface area contributed by atoms with E-state index < -0.39 is 0 Å². The monoisotopic (exact) mass is 624 g/mol. The normalized spacial score (nSPS) is 19.5. The summed E-state index contributed by atoms with van der Waals surface area (Å²) in [5.41, 5.74) is 11.0. The summed E-state index contributed by atoms with van der Waals surface area (Å²) in [6, 6.07) is 42.4. The number of hydrogen-bond acceptors (Lipinski definition) is 4. The molecule has 48 heavy (non-hydrogen) atoms. The smallest absolute Gasteiger partial charge is 0.0868 e. The van der Waals surface area contributed by atoms with E-state index in [0.29, 0.717) is 11.5 Å². The number of anilines is 5. The van der Waals surface area contributed by atoms with Crippen molar-refractivity contribution >= 4 is 39.9 Å². The van der Waals surface area contributed by atoms with Crippen LogP contribution in [0, 0.1) is 16.7 Å². The van der Waals surface area contributed by atoms with Gasteiger partial charge in [-0.2, -0.15) is 0 Å². The van der Waals surface area contributed by atoms with E-state index in [1.54, 1.807) is 0 Å². The quantitative estimate of drug-likeness (QED) is 0.191. The van der Waals surface area contributed by atoms with Gasteiger partial charge in [0, 0.05) is 44.9 Å². The van der Waals surface area contributed by atoms with Gasteiger partial charge in [-0.05, 0) is 59.2 Å². The highest BCUT2D eigenvalue weighted by atomic mass is 15.2. The number of allylic oxidation sites excluding steroid dienone is 2. The summed E-state index contributed by atoms with van der Waals surface area (Å²) in [5, 5.41) is 18.6. The van der Waals surface area contributed by atoms with Gasteiger partial charge in [-0.15, -0.1) is 0 Å². The van der Waals surface area contributed by atoms with Gasteiger partial charge in [0.2, 0.25) is 0 Å². The van der Waals surface area contributed by atoms with Gasteiger partial charge in [0.1, 0.15) is 0 Å². The fraction of sp³-hybridized carbons (Fsp3) is 0.182. The number of nitrogens with one attached hydrogen (secondary N) is 2. The summed E-state index contributed by atoms with van der Waals surface area (Å²) < 4.78 is 0. The highest BCUT2D eigenvalue weighted by Crippen LogP contribution is 2.52. The van der Waals surface area contributed by atoms with E-state index in [1.807, 2.05) is 24.3 Å². The standard InChI is InChI=1S/C44H40N4/c1-43(2)33-19-5-9-23-37(33)47(38-24-10-6-20-34(38)43)31-17-13-15-29(27-31)41(45)42(46)30-16-14-18-32(28-30)48-39-25-11-7-21-35(39)44(3,4)36-22-8-12-26-40(36)48/h5-28,33,37,45-46H,1-4H3. The number of nitrogens with zero attached hydrogens (tertiary/aromatic N) is 2. The van der Waals surface area contributed by atoms with Crippen molar-refractivity contribution < 1.29 is 0 Å². The third-order valence-corrected chi connectivity index (χ3v) is 10.8. The largest absolute Gasteiger partial charge is 0.334 e. The van der Waals surface area contributed by atoms with E-state index in [1.165, 1.54) is 22.4 Å². The molecular formula is C44H40N4. The maximum Gasteiger partial charge on any atom is 0.0868 e. The van der Waals surface area contributed by atoms with Gasteiger partial charge < -0.3 is 9.80 Å². The Morgan fingerprint density at radius 3 is 1.67 bits per heavy atom.